The summed E-state index contributed by atoms with van der Waals surface area (Å²) in [5, 5.41) is 15.3. The highest BCUT2D eigenvalue weighted by Gasteiger charge is 2.05. The number of nitrogens with one attached hydrogen (secondary N) is 1. The number of nitrogens with zero attached hydrogens (tertiary/aromatic N) is 4. The average molecular weight is 281 g/mol. The van der Waals surface area contributed by atoms with Gasteiger partial charge in [-0.2, -0.15) is 0 Å². The van der Waals surface area contributed by atoms with Crippen LogP contribution >= 0.6 is 0 Å². The van der Waals surface area contributed by atoms with Crippen molar-refractivity contribution in [3.05, 3.63) is 5.82 Å². The van der Waals surface area contributed by atoms with Crippen molar-refractivity contribution < 1.29 is 0 Å². The Labute approximate surface area is 123 Å². The van der Waals surface area contributed by atoms with E-state index in [0.717, 1.165) is 31.4 Å². The second-order valence-electron chi connectivity index (χ2n) is 6.44. The maximum absolute atomic E-state index is 4.09. The van der Waals surface area contributed by atoms with Crippen LogP contribution in [0.15, 0.2) is 0 Å². The molecule has 1 heterocycles. The van der Waals surface area contributed by atoms with Crippen LogP contribution in [0.1, 0.15) is 65.6 Å². The van der Waals surface area contributed by atoms with Crippen LogP contribution in [0, 0.1) is 11.8 Å². The van der Waals surface area contributed by atoms with Crippen LogP contribution in [-0.2, 0) is 13.1 Å². The quantitative estimate of drug-likeness (QED) is 0.633. The number of hydrogen-bond acceptors (Lipinski definition) is 4. The summed E-state index contributed by atoms with van der Waals surface area (Å²) in [6.45, 7) is 11.7. The molecule has 20 heavy (non-hydrogen) atoms. The van der Waals surface area contributed by atoms with Gasteiger partial charge in [0.05, 0.1) is 6.54 Å². The van der Waals surface area contributed by atoms with Gasteiger partial charge in [0, 0.05) is 6.54 Å². The van der Waals surface area contributed by atoms with Crippen molar-refractivity contribution in [3.63, 3.8) is 0 Å². The molecule has 0 atom stereocenters. The van der Waals surface area contributed by atoms with Crippen LogP contribution < -0.4 is 5.32 Å². The molecule has 5 nitrogen and oxygen atoms in total. The Balaban J connectivity index is 2.15. The van der Waals surface area contributed by atoms with Crippen LogP contribution in [0.3, 0.4) is 0 Å². The van der Waals surface area contributed by atoms with Gasteiger partial charge >= 0.3 is 0 Å². The number of tetrazole rings is 1. The topological polar surface area (TPSA) is 55.6 Å². The van der Waals surface area contributed by atoms with Gasteiger partial charge in [-0.25, -0.2) is 4.68 Å². The maximum Gasteiger partial charge on any atom is 0.165 e. The van der Waals surface area contributed by atoms with Gasteiger partial charge < -0.3 is 5.32 Å². The van der Waals surface area contributed by atoms with Crippen molar-refractivity contribution in [1.29, 1.82) is 0 Å². The van der Waals surface area contributed by atoms with Gasteiger partial charge in [0.15, 0.2) is 5.82 Å². The first-order valence-corrected chi connectivity index (χ1v) is 8.05. The molecule has 5 heteroatoms. The van der Waals surface area contributed by atoms with Crippen molar-refractivity contribution in [3.8, 4) is 0 Å². The van der Waals surface area contributed by atoms with E-state index in [9.17, 15) is 0 Å². The predicted molar refractivity (Wildman–Crippen MR) is 82.3 cm³/mol. The molecule has 1 rings (SSSR count). The first-order chi connectivity index (χ1) is 9.59. The summed E-state index contributed by atoms with van der Waals surface area (Å²) in [7, 11) is 0. The average Bonchev–Trinajstić information content (AvgIpc) is 2.80. The Morgan fingerprint density at radius 3 is 2.45 bits per heavy atom. The number of hydrogen-bond donors (Lipinski definition) is 1. The van der Waals surface area contributed by atoms with Crippen molar-refractivity contribution >= 4 is 0 Å². The normalized spacial score (nSPS) is 11.7. The molecule has 0 aromatic carbocycles. The molecule has 0 bridgehead atoms. The molecule has 0 spiro atoms. The van der Waals surface area contributed by atoms with E-state index in [1.807, 2.05) is 4.68 Å². The Morgan fingerprint density at radius 1 is 1.00 bits per heavy atom. The summed E-state index contributed by atoms with van der Waals surface area (Å²) in [4.78, 5) is 0. The zero-order valence-corrected chi connectivity index (χ0v) is 13.6. The molecular formula is C15H31N5. The zero-order chi connectivity index (χ0) is 14.8. The van der Waals surface area contributed by atoms with Crippen LogP contribution in [0.25, 0.3) is 0 Å². The molecule has 1 aromatic heterocycles. The molecule has 0 saturated heterocycles. The lowest BCUT2D eigenvalue weighted by atomic mass is 10.0. The van der Waals surface area contributed by atoms with Crippen LogP contribution in [-0.4, -0.2) is 26.8 Å². The van der Waals surface area contributed by atoms with E-state index < -0.39 is 0 Å². The first kappa shape index (κ1) is 17.1. The van der Waals surface area contributed by atoms with Crippen LogP contribution in [0.5, 0.6) is 0 Å². The Bertz CT molecular complexity index is 346. The minimum absolute atomic E-state index is 0.653. The van der Waals surface area contributed by atoms with E-state index >= 15 is 0 Å². The van der Waals surface area contributed by atoms with Gasteiger partial charge in [0.25, 0.3) is 0 Å². The second kappa shape index (κ2) is 9.86. The summed E-state index contributed by atoms with van der Waals surface area (Å²) < 4.78 is 1.94. The Morgan fingerprint density at radius 2 is 1.75 bits per heavy atom. The standard InChI is InChI=1S/C15H31N5/c1-13(2)9-7-5-6-8-10-20-15(17-18-19-20)12-16-11-14(3)4/h13-14,16H,5-12H2,1-4H3. The number of rotatable bonds is 11. The molecule has 116 valence electrons. The van der Waals surface area contributed by atoms with E-state index in [1.165, 1.54) is 32.1 Å². The van der Waals surface area contributed by atoms with E-state index in [1.54, 1.807) is 0 Å². The van der Waals surface area contributed by atoms with Crippen molar-refractivity contribution in [2.75, 3.05) is 6.54 Å². The molecule has 0 radical (unpaired) electrons. The summed E-state index contributed by atoms with van der Waals surface area (Å²) in [5.74, 6) is 2.43. The van der Waals surface area contributed by atoms with E-state index in [2.05, 4.69) is 48.5 Å². The minimum Gasteiger partial charge on any atom is -0.310 e. The molecule has 0 unspecified atom stereocenters. The summed E-state index contributed by atoms with van der Waals surface area (Å²) in [6, 6.07) is 0. The highest BCUT2D eigenvalue weighted by molar-refractivity contribution is 4.79. The highest BCUT2D eigenvalue weighted by atomic mass is 15.5. The lowest BCUT2D eigenvalue weighted by Crippen LogP contribution is -2.21. The van der Waals surface area contributed by atoms with Gasteiger partial charge in [-0.05, 0) is 35.2 Å². The predicted octanol–water partition coefficient (Wildman–Crippen LogP) is 3.03. The summed E-state index contributed by atoms with van der Waals surface area (Å²) in [5.41, 5.74) is 0. The fourth-order valence-corrected chi connectivity index (χ4v) is 2.16. The SMILES string of the molecule is CC(C)CCCCCCn1nnnc1CNCC(C)C. The molecular weight excluding hydrogens is 250 g/mol. The van der Waals surface area contributed by atoms with Gasteiger partial charge in [0.1, 0.15) is 0 Å². The van der Waals surface area contributed by atoms with Gasteiger partial charge in [-0.15, -0.1) is 5.10 Å². The second-order valence-corrected chi connectivity index (χ2v) is 6.44. The number of aromatic nitrogens is 4. The fourth-order valence-electron chi connectivity index (χ4n) is 2.16. The lowest BCUT2D eigenvalue weighted by molar-refractivity contribution is 0.471. The molecule has 0 aliphatic heterocycles. The zero-order valence-electron chi connectivity index (χ0n) is 13.6. The van der Waals surface area contributed by atoms with E-state index in [0.29, 0.717) is 5.92 Å². The molecule has 1 aromatic rings. The van der Waals surface area contributed by atoms with Crippen molar-refractivity contribution in [1.82, 2.24) is 25.5 Å². The molecule has 0 fully saturated rings. The van der Waals surface area contributed by atoms with Gasteiger partial charge in [-0.1, -0.05) is 53.4 Å². The smallest absolute Gasteiger partial charge is 0.165 e. The largest absolute Gasteiger partial charge is 0.310 e. The van der Waals surface area contributed by atoms with Crippen LogP contribution in [0.4, 0.5) is 0 Å². The lowest BCUT2D eigenvalue weighted by Gasteiger charge is -2.08. The third-order valence-electron chi connectivity index (χ3n) is 3.34. The minimum atomic E-state index is 0.653. The van der Waals surface area contributed by atoms with E-state index in [-0.39, 0.29) is 0 Å². The summed E-state index contributed by atoms with van der Waals surface area (Å²) in [6.07, 6.45) is 6.44. The maximum atomic E-state index is 4.09. The molecule has 0 aliphatic rings. The first-order valence-electron chi connectivity index (χ1n) is 8.05. The van der Waals surface area contributed by atoms with Crippen molar-refractivity contribution in [2.24, 2.45) is 11.8 Å². The fraction of sp³-hybridized carbons (Fsp3) is 0.933. The number of aryl methyl sites for hydroxylation is 1. The van der Waals surface area contributed by atoms with Gasteiger partial charge in [0.2, 0.25) is 0 Å². The molecule has 0 saturated carbocycles. The monoisotopic (exact) mass is 281 g/mol. The molecule has 0 amide bonds. The summed E-state index contributed by atoms with van der Waals surface area (Å²) >= 11 is 0. The van der Waals surface area contributed by atoms with Crippen LogP contribution in [0.2, 0.25) is 0 Å². The van der Waals surface area contributed by atoms with Gasteiger partial charge in [-0.3, -0.25) is 0 Å². The third-order valence-corrected chi connectivity index (χ3v) is 3.34. The molecule has 1 N–H and O–H groups in total. The third kappa shape index (κ3) is 7.58. The highest BCUT2D eigenvalue weighted by Crippen LogP contribution is 2.10. The Hall–Kier alpha value is -0.970. The van der Waals surface area contributed by atoms with E-state index in [4.69, 9.17) is 0 Å². The molecule has 0 aliphatic carbocycles. The van der Waals surface area contributed by atoms with Crippen molar-refractivity contribution in [2.45, 2.75) is 72.9 Å². The Kier molecular flexibility index (Phi) is 8.42. The number of unbranched alkanes of at least 4 members (excludes halogenated alkanes) is 3.